The van der Waals surface area contributed by atoms with Crippen LogP contribution in [0.2, 0.25) is 0 Å². The van der Waals surface area contributed by atoms with Gasteiger partial charge in [-0.05, 0) is 17.9 Å². The molecule has 0 aliphatic heterocycles. The standard InChI is InChI=1S/C13H20N2O3/c1-13(2,3)8-10(9-16)14-12(17)11-6-4-5-7-15(11)18/h4-7,10,16H,8-9H2,1-3H3,(H,14,17). The number of aromatic nitrogens is 1. The molecule has 1 rings (SSSR count). The molecule has 0 bridgehead atoms. The van der Waals surface area contributed by atoms with Crippen LogP contribution in [0.25, 0.3) is 0 Å². The first-order valence-electron chi connectivity index (χ1n) is 5.93. The zero-order valence-corrected chi connectivity index (χ0v) is 11.0. The van der Waals surface area contributed by atoms with Gasteiger partial charge >= 0.3 is 5.91 Å². The lowest BCUT2D eigenvalue weighted by atomic mass is 9.88. The molecule has 5 nitrogen and oxygen atoms in total. The fourth-order valence-electron chi connectivity index (χ4n) is 1.76. The van der Waals surface area contributed by atoms with E-state index in [2.05, 4.69) is 5.32 Å². The molecule has 1 unspecified atom stereocenters. The van der Waals surface area contributed by atoms with Crippen molar-refractivity contribution in [1.29, 1.82) is 0 Å². The smallest absolute Gasteiger partial charge is 0.317 e. The molecule has 0 radical (unpaired) electrons. The molecule has 1 aromatic heterocycles. The SMILES string of the molecule is CC(C)(C)CC(CO)NC(=O)c1cccc[n+]1[O-]. The zero-order chi connectivity index (χ0) is 13.8. The van der Waals surface area contributed by atoms with Crippen LogP contribution in [0.1, 0.15) is 37.7 Å². The summed E-state index contributed by atoms with van der Waals surface area (Å²) in [6.45, 7) is 5.93. The highest BCUT2D eigenvalue weighted by molar-refractivity contribution is 5.91. The van der Waals surface area contributed by atoms with Crippen molar-refractivity contribution >= 4 is 5.91 Å². The third-order valence-corrected chi connectivity index (χ3v) is 2.47. The normalized spacial score (nSPS) is 13.1. The third-order valence-electron chi connectivity index (χ3n) is 2.47. The molecule has 0 aliphatic carbocycles. The molecule has 0 saturated heterocycles. The molecule has 0 aromatic carbocycles. The Morgan fingerprint density at radius 1 is 1.50 bits per heavy atom. The van der Waals surface area contributed by atoms with Gasteiger partial charge in [-0.1, -0.05) is 20.8 Å². The Morgan fingerprint density at radius 3 is 2.67 bits per heavy atom. The van der Waals surface area contributed by atoms with Crippen molar-refractivity contribution in [1.82, 2.24) is 5.32 Å². The molecule has 0 aliphatic rings. The van der Waals surface area contributed by atoms with Gasteiger partial charge in [-0.2, -0.15) is 4.73 Å². The van der Waals surface area contributed by atoms with Crippen molar-refractivity contribution in [3.05, 3.63) is 35.3 Å². The van der Waals surface area contributed by atoms with Gasteiger partial charge in [0.1, 0.15) is 0 Å². The molecular weight excluding hydrogens is 232 g/mol. The van der Waals surface area contributed by atoms with Crippen LogP contribution >= 0.6 is 0 Å². The summed E-state index contributed by atoms with van der Waals surface area (Å²) >= 11 is 0. The zero-order valence-electron chi connectivity index (χ0n) is 11.0. The van der Waals surface area contributed by atoms with Crippen LogP contribution in [0.5, 0.6) is 0 Å². The minimum atomic E-state index is -0.464. The van der Waals surface area contributed by atoms with Crippen LogP contribution in [0.3, 0.4) is 0 Å². The number of nitrogens with zero attached hydrogens (tertiary/aromatic N) is 1. The third kappa shape index (κ3) is 4.33. The fraction of sp³-hybridized carbons (Fsp3) is 0.538. The summed E-state index contributed by atoms with van der Waals surface area (Å²) in [4.78, 5) is 11.9. The van der Waals surface area contributed by atoms with E-state index in [1.807, 2.05) is 20.8 Å². The summed E-state index contributed by atoms with van der Waals surface area (Å²) in [6, 6.07) is 4.29. The molecule has 0 spiro atoms. The minimum absolute atomic E-state index is 0.00912. The largest absolute Gasteiger partial charge is 0.618 e. The summed E-state index contributed by atoms with van der Waals surface area (Å²) < 4.78 is 0.515. The van der Waals surface area contributed by atoms with Crippen molar-refractivity contribution in [3.8, 4) is 0 Å². The van der Waals surface area contributed by atoms with Crippen LogP contribution in [-0.2, 0) is 0 Å². The molecule has 2 N–H and O–H groups in total. The first-order valence-corrected chi connectivity index (χ1v) is 5.93. The first kappa shape index (κ1) is 14.4. The fourth-order valence-corrected chi connectivity index (χ4v) is 1.76. The molecular formula is C13H20N2O3. The maximum absolute atomic E-state index is 11.9. The second-order valence-electron chi connectivity index (χ2n) is 5.53. The molecule has 1 atom stereocenters. The van der Waals surface area contributed by atoms with E-state index < -0.39 is 5.91 Å². The number of carbonyl (C=O) groups excluding carboxylic acids is 1. The number of nitrogens with one attached hydrogen (secondary N) is 1. The highest BCUT2D eigenvalue weighted by Crippen LogP contribution is 2.20. The van der Waals surface area contributed by atoms with Crippen molar-refractivity contribution in [2.45, 2.75) is 33.2 Å². The number of pyridine rings is 1. The van der Waals surface area contributed by atoms with Crippen molar-refractivity contribution in [2.24, 2.45) is 5.41 Å². The lowest BCUT2D eigenvalue weighted by Crippen LogP contribution is -2.45. The molecule has 1 aromatic rings. The molecule has 1 amide bonds. The Kier molecular flexibility index (Phi) is 4.67. The maximum atomic E-state index is 11.9. The second kappa shape index (κ2) is 5.82. The minimum Gasteiger partial charge on any atom is -0.618 e. The van der Waals surface area contributed by atoms with Gasteiger partial charge in [-0.3, -0.25) is 4.79 Å². The van der Waals surface area contributed by atoms with Gasteiger partial charge in [0, 0.05) is 12.1 Å². The monoisotopic (exact) mass is 252 g/mol. The Bertz CT molecular complexity index is 413. The van der Waals surface area contributed by atoms with Gasteiger partial charge in [-0.15, -0.1) is 0 Å². The van der Waals surface area contributed by atoms with Gasteiger partial charge in [0.2, 0.25) is 0 Å². The maximum Gasteiger partial charge on any atom is 0.317 e. The van der Waals surface area contributed by atoms with Gasteiger partial charge in [0.05, 0.1) is 12.6 Å². The predicted molar refractivity (Wildman–Crippen MR) is 67.8 cm³/mol. The average molecular weight is 252 g/mol. The number of rotatable bonds is 4. The molecule has 100 valence electrons. The van der Waals surface area contributed by atoms with E-state index in [9.17, 15) is 15.1 Å². The number of carbonyl (C=O) groups is 1. The summed E-state index contributed by atoms with van der Waals surface area (Å²) in [5.41, 5.74) is 0.0232. The number of hydrogen-bond donors (Lipinski definition) is 2. The summed E-state index contributed by atoms with van der Waals surface area (Å²) in [7, 11) is 0. The Hall–Kier alpha value is -1.62. The number of amides is 1. The highest BCUT2D eigenvalue weighted by Gasteiger charge is 2.23. The van der Waals surface area contributed by atoms with Crippen LogP contribution in [0.15, 0.2) is 24.4 Å². The second-order valence-corrected chi connectivity index (χ2v) is 5.53. The van der Waals surface area contributed by atoms with Crippen LogP contribution < -0.4 is 10.0 Å². The molecule has 18 heavy (non-hydrogen) atoms. The van der Waals surface area contributed by atoms with Crippen molar-refractivity contribution < 1.29 is 14.6 Å². The summed E-state index contributed by atoms with van der Waals surface area (Å²) in [5.74, 6) is -0.464. The Labute approximate surface area is 107 Å². The summed E-state index contributed by atoms with van der Waals surface area (Å²) in [6.07, 6.45) is 1.91. The number of aliphatic hydroxyl groups is 1. The van der Waals surface area contributed by atoms with E-state index in [1.54, 1.807) is 12.1 Å². The van der Waals surface area contributed by atoms with Crippen molar-refractivity contribution in [2.75, 3.05) is 6.61 Å². The van der Waals surface area contributed by atoms with Gasteiger partial charge in [0.15, 0.2) is 6.20 Å². The van der Waals surface area contributed by atoms with E-state index in [0.717, 1.165) is 0 Å². The van der Waals surface area contributed by atoms with Crippen molar-refractivity contribution in [3.63, 3.8) is 0 Å². The molecule has 0 fully saturated rings. The predicted octanol–water partition coefficient (Wildman–Crippen LogP) is 0.847. The Balaban J connectivity index is 2.71. The number of hydrogen-bond acceptors (Lipinski definition) is 3. The van der Waals surface area contributed by atoms with E-state index in [4.69, 9.17) is 0 Å². The molecule has 1 heterocycles. The van der Waals surface area contributed by atoms with E-state index in [1.165, 1.54) is 12.3 Å². The number of aliphatic hydroxyl groups excluding tert-OH is 1. The summed E-state index contributed by atoms with van der Waals surface area (Å²) in [5, 5.41) is 23.3. The molecule has 0 saturated carbocycles. The van der Waals surface area contributed by atoms with E-state index in [0.29, 0.717) is 11.2 Å². The molecule has 5 heteroatoms. The quantitative estimate of drug-likeness (QED) is 0.616. The van der Waals surface area contributed by atoms with Crippen LogP contribution in [0, 0.1) is 10.6 Å². The van der Waals surface area contributed by atoms with Crippen LogP contribution in [-0.4, -0.2) is 23.7 Å². The average Bonchev–Trinajstić information content (AvgIpc) is 2.26. The van der Waals surface area contributed by atoms with Gasteiger partial charge in [0.25, 0.3) is 5.69 Å². The highest BCUT2D eigenvalue weighted by atomic mass is 16.5. The Morgan fingerprint density at radius 2 is 2.17 bits per heavy atom. The first-order chi connectivity index (χ1) is 8.33. The van der Waals surface area contributed by atoms with E-state index >= 15 is 0 Å². The van der Waals surface area contributed by atoms with E-state index in [-0.39, 0.29) is 23.8 Å². The van der Waals surface area contributed by atoms with Crippen LogP contribution in [0.4, 0.5) is 0 Å². The van der Waals surface area contributed by atoms with Gasteiger partial charge < -0.3 is 15.6 Å². The van der Waals surface area contributed by atoms with Gasteiger partial charge in [-0.25, -0.2) is 0 Å². The topological polar surface area (TPSA) is 76.3 Å². The lowest BCUT2D eigenvalue weighted by molar-refractivity contribution is -0.607. The lowest BCUT2D eigenvalue weighted by Gasteiger charge is -2.25.